The third-order valence-corrected chi connectivity index (χ3v) is 3.56. The molecule has 0 amide bonds. The van der Waals surface area contributed by atoms with Crippen LogP contribution in [-0.2, 0) is 0 Å². The summed E-state index contributed by atoms with van der Waals surface area (Å²) in [5.41, 5.74) is 2.42. The molecule has 0 radical (unpaired) electrons. The average Bonchev–Trinajstić information content (AvgIpc) is 2.25. The van der Waals surface area contributed by atoms with Gasteiger partial charge in [0.05, 0.1) is 5.03 Å². The Morgan fingerprint density at radius 2 is 2.12 bits per heavy atom. The number of hydrogen-bond donors (Lipinski definition) is 1. The van der Waals surface area contributed by atoms with Crippen LogP contribution in [0.15, 0.2) is 17.2 Å². The SMILES string of the molecule is CCCNC(C)CCSc1cc(C)cc(C)n1. The van der Waals surface area contributed by atoms with Crippen LogP contribution in [0.5, 0.6) is 0 Å². The van der Waals surface area contributed by atoms with Gasteiger partial charge < -0.3 is 5.32 Å². The largest absolute Gasteiger partial charge is 0.314 e. The zero-order chi connectivity index (χ0) is 12.7. The van der Waals surface area contributed by atoms with Gasteiger partial charge in [0.25, 0.3) is 0 Å². The molecule has 0 aliphatic rings. The Balaban J connectivity index is 2.30. The van der Waals surface area contributed by atoms with E-state index >= 15 is 0 Å². The summed E-state index contributed by atoms with van der Waals surface area (Å²) < 4.78 is 0. The minimum atomic E-state index is 0.605. The molecule has 0 aliphatic carbocycles. The van der Waals surface area contributed by atoms with Gasteiger partial charge in [-0.15, -0.1) is 11.8 Å². The van der Waals surface area contributed by atoms with Gasteiger partial charge in [-0.3, -0.25) is 0 Å². The topological polar surface area (TPSA) is 24.9 Å². The summed E-state index contributed by atoms with van der Waals surface area (Å²) in [5, 5.41) is 4.67. The predicted octanol–water partition coefficient (Wildman–Crippen LogP) is 3.57. The molecule has 1 aromatic rings. The first-order chi connectivity index (χ1) is 8.11. The maximum absolute atomic E-state index is 4.54. The normalized spacial score (nSPS) is 12.7. The number of nitrogens with zero attached hydrogens (tertiary/aromatic N) is 1. The van der Waals surface area contributed by atoms with Gasteiger partial charge in [-0.1, -0.05) is 6.92 Å². The molecule has 0 bridgehead atoms. The van der Waals surface area contributed by atoms with Crippen LogP contribution in [0.2, 0.25) is 0 Å². The Bertz CT molecular complexity index is 319. The Labute approximate surface area is 110 Å². The highest BCUT2D eigenvalue weighted by Crippen LogP contribution is 2.18. The van der Waals surface area contributed by atoms with E-state index in [2.05, 4.69) is 50.1 Å². The number of pyridine rings is 1. The van der Waals surface area contributed by atoms with Crippen molar-refractivity contribution >= 4 is 11.8 Å². The summed E-state index contributed by atoms with van der Waals surface area (Å²) in [6.45, 7) is 9.76. The standard InChI is InChI=1S/C14H24N2S/c1-5-7-15-12(3)6-8-17-14-10-11(2)9-13(4)16-14/h9-10,12,15H,5-8H2,1-4H3. The van der Waals surface area contributed by atoms with E-state index < -0.39 is 0 Å². The molecule has 0 spiro atoms. The third-order valence-electron chi connectivity index (χ3n) is 2.62. The second-order valence-electron chi connectivity index (χ2n) is 4.62. The van der Waals surface area contributed by atoms with Crippen LogP contribution in [0.1, 0.15) is 37.9 Å². The van der Waals surface area contributed by atoms with Gasteiger partial charge in [0.15, 0.2) is 0 Å². The second-order valence-corrected chi connectivity index (χ2v) is 5.73. The minimum absolute atomic E-state index is 0.605. The van der Waals surface area contributed by atoms with Crippen molar-refractivity contribution in [1.29, 1.82) is 0 Å². The fourth-order valence-corrected chi connectivity index (χ4v) is 2.87. The van der Waals surface area contributed by atoms with Crippen molar-refractivity contribution < 1.29 is 0 Å². The lowest BCUT2D eigenvalue weighted by molar-refractivity contribution is 0.536. The average molecular weight is 252 g/mol. The molecule has 1 heterocycles. The molecule has 0 aliphatic heterocycles. The van der Waals surface area contributed by atoms with Crippen LogP contribution < -0.4 is 5.32 Å². The first-order valence-electron chi connectivity index (χ1n) is 6.43. The summed E-state index contributed by atoms with van der Waals surface area (Å²) in [4.78, 5) is 4.54. The quantitative estimate of drug-likeness (QED) is 0.751. The maximum Gasteiger partial charge on any atom is 0.0965 e. The van der Waals surface area contributed by atoms with Gasteiger partial charge in [0.2, 0.25) is 0 Å². The van der Waals surface area contributed by atoms with Crippen LogP contribution in [0.25, 0.3) is 0 Å². The van der Waals surface area contributed by atoms with Crippen LogP contribution in [0.3, 0.4) is 0 Å². The zero-order valence-corrected chi connectivity index (χ0v) is 12.2. The predicted molar refractivity (Wildman–Crippen MR) is 76.8 cm³/mol. The molecule has 1 rings (SSSR count). The Hall–Kier alpha value is -0.540. The van der Waals surface area contributed by atoms with E-state index in [1.54, 1.807) is 0 Å². The highest BCUT2D eigenvalue weighted by molar-refractivity contribution is 7.99. The Morgan fingerprint density at radius 3 is 2.76 bits per heavy atom. The third kappa shape index (κ3) is 6.08. The molecular weight excluding hydrogens is 228 g/mol. The van der Waals surface area contributed by atoms with Crippen molar-refractivity contribution in [2.75, 3.05) is 12.3 Å². The summed E-state index contributed by atoms with van der Waals surface area (Å²) in [6, 6.07) is 4.89. The lowest BCUT2D eigenvalue weighted by Crippen LogP contribution is -2.27. The molecule has 1 unspecified atom stereocenters. The zero-order valence-electron chi connectivity index (χ0n) is 11.4. The van der Waals surface area contributed by atoms with Gasteiger partial charge in [0, 0.05) is 17.5 Å². The fourth-order valence-electron chi connectivity index (χ4n) is 1.71. The molecule has 0 saturated carbocycles. The van der Waals surface area contributed by atoms with E-state index in [-0.39, 0.29) is 0 Å². The monoisotopic (exact) mass is 252 g/mol. The van der Waals surface area contributed by atoms with Crippen molar-refractivity contribution in [3.8, 4) is 0 Å². The van der Waals surface area contributed by atoms with E-state index in [1.165, 1.54) is 18.4 Å². The van der Waals surface area contributed by atoms with Gasteiger partial charge in [-0.2, -0.15) is 0 Å². The molecule has 3 heteroatoms. The summed E-state index contributed by atoms with van der Waals surface area (Å²) in [7, 11) is 0. The minimum Gasteiger partial charge on any atom is -0.314 e. The molecule has 1 atom stereocenters. The van der Waals surface area contributed by atoms with Crippen molar-refractivity contribution in [1.82, 2.24) is 10.3 Å². The maximum atomic E-state index is 4.54. The van der Waals surface area contributed by atoms with Gasteiger partial charge >= 0.3 is 0 Å². The van der Waals surface area contributed by atoms with Crippen LogP contribution >= 0.6 is 11.8 Å². The Morgan fingerprint density at radius 1 is 1.35 bits per heavy atom. The van der Waals surface area contributed by atoms with E-state index in [0.717, 1.165) is 23.0 Å². The highest BCUT2D eigenvalue weighted by Gasteiger charge is 2.02. The van der Waals surface area contributed by atoms with Crippen molar-refractivity contribution in [2.24, 2.45) is 0 Å². The fraction of sp³-hybridized carbons (Fsp3) is 0.643. The Kier molecular flexibility index (Phi) is 6.60. The van der Waals surface area contributed by atoms with Crippen LogP contribution in [-0.4, -0.2) is 23.3 Å². The molecule has 96 valence electrons. The molecular formula is C14H24N2S. The van der Waals surface area contributed by atoms with Crippen molar-refractivity contribution in [3.05, 3.63) is 23.4 Å². The number of thioether (sulfide) groups is 1. The second kappa shape index (κ2) is 7.72. The van der Waals surface area contributed by atoms with Crippen molar-refractivity contribution in [3.63, 3.8) is 0 Å². The number of aromatic nitrogens is 1. The summed E-state index contributed by atoms with van der Waals surface area (Å²) in [5.74, 6) is 1.13. The number of aryl methyl sites for hydroxylation is 2. The smallest absolute Gasteiger partial charge is 0.0965 e. The van der Waals surface area contributed by atoms with E-state index in [4.69, 9.17) is 0 Å². The summed E-state index contributed by atoms with van der Waals surface area (Å²) in [6.07, 6.45) is 2.40. The number of nitrogens with one attached hydrogen (secondary N) is 1. The summed E-state index contributed by atoms with van der Waals surface area (Å²) >= 11 is 1.86. The number of rotatable bonds is 7. The van der Waals surface area contributed by atoms with Gasteiger partial charge in [-0.05, 0) is 57.9 Å². The lowest BCUT2D eigenvalue weighted by Gasteiger charge is -2.12. The van der Waals surface area contributed by atoms with Gasteiger partial charge in [-0.25, -0.2) is 4.98 Å². The first-order valence-corrected chi connectivity index (χ1v) is 7.42. The van der Waals surface area contributed by atoms with Crippen molar-refractivity contribution in [2.45, 2.75) is 51.6 Å². The van der Waals surface area contributed by atoms with E-state index in [1.807, 2.05) is 11.8 Å². The van der Waals surface area contributed by atoms with Gasteiger partial charge in [0.1, 0.15) is 0 Å². The van der Waals surface area contributed by atoms with Crippen LogP contribution in [0.4, 0.5) is 0 Å². The molecule has 1 N–H and O–H groups in total. The van der Waals surface area contributed by atoms with E-state index in [0.29, 0.717) is 6.04 Å². The van der Waals surface area contributed by atoms with Crippen LogP contribution in [0, 0.1) is 13.8 Å². The highest BCUT2D eigenvalue weighted by atomic mass is 32.2. The first kappa shape index (κ1) is 14.5. The molecule has 2 nitrogen and oxygen atoms in total. The molecule has 0 fully saturated rings. The molecule has 0 saturated heterocycles. The lowest BCUT2D eigenvalue weighted by atomic mass is 10.2. The molecule has 0 aromatic carbocycles. The molecule has 1 aromatic heterocycles. The number of hydrogen-bond acceptors (Lipinski definition) is 3. The van der Waals surface area contributed by atoms with E-state index in [9.17, 15) is 0 Å². The molecule has 17 heavy (non-hydrogen) atoms.